The minimum atomic E-state index is -4.09. The molecule has 0 fully saturated rings. The van der Waals surface area contributed by atoms with Crippen LogP contribution in [0.5, 0.6) is 0 Å². The fraction of sp³-hybridized carbons (Fsp3) is 0. The maximum atomic E-state index is 8.73. The van der Waals surface area contributed by atoms with Gasteiger partial charge in [-0.05, 0) is 0 Å². The Labute approximate surface area is 95.3 Å². The first kappa shape index (κ1) is 15.8. The van der Waals surface area contributed by atoms with E-state index in [4.69, 9.17) is 10.1 Å². The Balaban J connectivity index is -0.0000000450. The van der Waals surface area contributed by atoms with Crippen LogP contribution in [0.4, 0.5) is 0 Å². The molecule has 6 heavy (non-hydrogen) atoms. The first-order valence-electron chi connectivity index (χ1n) is 0.565. The Morgan fingerprint density at radius 3 is 1.33 bits per heavy atom. The topological polar surface area (TPSA) is 54.4 Å². The summed E-state index contributed by atoms with van der Waals surface area (Å²) in [6, 6.07) is 0. The van der Waals surface area contributed by atoms with Crippen molar-refractivity contribution < 1.29 is 46.3 Å². The number of hydrogen-bond donors (Lipinski definition) is 1. The Bertz CT molecular complexity index is 59.2. The van der Waals surface area contributed by atoms with E-state index < -0.39 is 18.8 Å². The van der Waals surface area contributed by atoms with E-state index in [0.29, 0.717) is 0 Å². The molecule has 0 saturated carbocycles. The van der Waals surface area contributed by atoms with Crippen molar-refractivity contribution in [3.8, 4) is 0 Å². The summed E-state index contributed by atoms with van der Waals surface area (Å²) in [5, 5.41) is 0. The van der Waals surface area contributed by atoms with Crippen LogP contribution in [0.2, 0.25) is 0 Å². The number of rotatable bonds is 0. The van der Waals surface area contributed by atoms with E-state index in [1.54, 1.807) is 0 Å². The van der Waals surface area contributed by atoms with Gasteiger partial charge in [-0.2, -0.15) is 0 Å². The molecule has 6 heteroatoms. The van der Waals surface area contributed by atoms with Gasteiger partial charge < -0.3 is 0 Å². The Kier molecular flexibility index (Phi) is 27.5. The normalized spacial score (nSPS) is 4.17. The standard InChI is InChI=1S/Cr.K.H2O.2O.Ta.H/h;;1H2;;;;/q;;;;;+1;/p-1. The second kappa shape index (κ2) is 10.5. The zero-order chi connectivity index (χ0) is 3.58. The summed E-state index contributed by atoms with van der Waals surface area (Å²) in [4.78, 5) is 0. The quantitative estimate of drug-likeness (QED) is 0.556. The van der Waals surface area contributed by atoms with Gasteiger partial charge in [-0.3, -0.25) is 0 Å². The molecule has 0 radical (unpaired) electrons. The van der Waals surface area contributed by atoms with Gasteiger partial charge in [-0.1, -0.05) is 0 Å². The molecule has 0 saturated heterocycles. The van der Waals surface area contributed by atoms with Crippen LogP contribution in [0, 0.1) is 0 Å². The first-order chi connectivity index (χ1) is 1.73. The zero-order valence-electron chi connectivity index (χ0n) is 2.12. The van der Waals surface area contributed by atoms with Crippen LogP contribution in [0.3, 0.4) is 0 Å². The Morgan fingerprint density at radius 2 is 1.33 bits per heavy atom. The van der Waals surface area contributed by atoms with Crippen molar-refractivity contribution in [3.63, 3.8) is 0 Å². The number of hydrogen-bond acceptors (Lipinski definition) is 2. The molecule has 3 nitrogen and oxygen atoms in total. The third-order valence-corrected chi connectivity index (χ3v) is 0. The van der Waals surface area contributed by atoms with Crippen LogP contribution < -0.4 is 0 Å². The van der Waals surface area contributed by atoms with Gasteiger partial charge in [0.1, 0.15) is 0 Å². The summed E-state index contributed by atoms with van der Waals surface area (Å²) in [5.41, 5.74) is 0. The van der Waals surface area contributed by atoms with Crippen LogP contribution in [-0.2, 0) is 42.6 Å². The summed E-state index contributed by atoms with van der Waals surface area (Å²) in [6.45, 7) is 0. The van der Waals surface area contributed by atoms with E-state index in [-0.39, 0.29) is 68.7 Å². The average Bonchev–Trinajstić information content (AvgIpc) is 0.811. The van der Waals surface area contributed by atoms with Gasteiger partial charge in [-0.15, -0.1) is 0 Å². The zero-order valence-corrected chi connectivity index (χ0v) is 6.61. The fourth-order valence-corrected chi connectivity index (χ4v) is 0. The molecule has 0 rings (SSSR count). The van der Waals surface area contributed by atoms with Gasteiger partial charge in [0, 0.05) is 17.4 Å². The summed E-state index contributed by atoms with van der Waals surface area (Å²) in [5.74, 6) is 0. The van der Waals surface area contributed by atoms with Crippen LogP contribution >= 0.6 is 0 Å². The summed E-state index contributed by atoms with van der Waals surface area (Å²) in [7, 11) is 0. The third-order valence-electron chi connectivity index (χ3n) is 0. The predicted molar refractivity (Wildman–Crippen MR) is 10.7 cm³/mol. The second-order valence-corrected chi connectivity index (χ2v) is 1.95. The van der Waals surface area contributed by atoms with Gasteiger partial charge >= 0.3 is 80.3 Å². The molecule has 0 aromatic heterocycles. The molecular formula is H2CrKO3Ta. The molecule has 0 aliphatic rings. The summed E-state index contributed by atoms with van der Waals surface area (Å²) >= 11 is -4.09. The molecule has 0 unspecified atom stereocenters. The van der Waals surface area contributed by atoms with E-state index >= 15 is 0 Å². The van der Waals surface area contributed by atoms with Crippen molar-refractivity contribution in [2.75, 3.05) is 0 Å². The van der Waals surface area contributed by atoms with E-state index in [1.165, 1.54) is 0 Å². The molecule has 0 amide bonds. The molecule has 0 aliphatic carbocycles. The van der Waals surface area contributed by atoms with E-state index in [0.717, 1.165) is 0 Å². The molecule has 0 aromatic carbocycles. The molecular weight excluding hydrogens is 320 g/mol. The molecule has 0 bridgehead atoms. The van der Waals surface area contributed by atoms with Gasteiger partial charge in [0.25, 0.3) is 0 Å². The average molecular weight is 322 g/mol. The van der Waals surface area contributed by atoms with Crippen molar-refractivity contribution >= 4 is 51.4 Å². The maximum absolute atomic E-state index is 8.73. The van der Waals surface area contributed by atoms with Crippen LogP contribution in [-0.4, -0.2) is 55.0 Å². The first-order valence-corrected chi connectivity index (χ1v) is 4.63. The van der Waals surface area contributed by atoms with Crippen LogP contribution in [0.15, 0.2) is 0 Å². The summed E-state index contributed by atoms with van der Waals surface area (Å²) in [6.07, 6.45) is 0. The van der Waals surface area contributed by atoms with E-state index in [2.05, 4.69) is 0 Å². The molecule has 1 N–H and O–H groups in total. The molecule has 0 atom stereocenters. The van der Waals surface area contributed by atoms with E-state index in [1.807, 2.05) is 0 Å². The van der Waals surface area contributed by atoms with Gasteiger partial charge in [0.05, 0.1) is 0 Å². The Hall–Kier alpha value is 2.47. The van der Waals surface area contributed by atoms with Crippen molar-refractivity contribution in [1.29, 1.82) is 0 Å². The van der Waals surface area contributed by atoms with Crippen molar-refractivity contribution in [3.05, 3.63) is 0 Å². The predicted octanol–water partition coefficient (Wildman–Crippen LogP) is -1.45. The molecule has 0 aromatic rings. The van der Waals surface area contributed by atoms with Crippen molar-refractivity contribution in [1.82, 2.24) is 0 Å². The van der Waals surface area contributed by atoms with Gasteiger partial charge in [-0.25, -0.2) is 0 Å². The van der Waals surface area contributed by atoms with Crippen LogP contribution in [0.25, 0.3) is 0 Å². The summed E-state index contributed by atoms with van der Waals surface area (Å²) < 4.78 is 24.6. The minimum absolute atomic E-state index is 0. The van der Waals surface area contributed by atoms with Crippen LogP contribution in [0.1, 0.15) is 0 Å². The van der Waals surface area contributed by atoms with E-state index in [9.17, 15) is 0 Å². The fourth-order valence-electron chi connectivity index (χ4n) is 0. The van der Waals surface area contributed by atoms with Gasteiger partial charge in [0.15, 0.2) is 0 Å². The SMILES string of the molecule is [Cr].[KH].[O]=[Ta](=[O])[OH]. The van der Waals surface area contributed by atoms with Crippen molar-refractivity contribution in [2.24, 2.45) is 0 Å². The monoisotopic (exact) mass is 322 g/mol. The van der Waals surface area contributed by atoms with Crippen molar-refractivity contribution in [2.45, 2.75) is 0 Å². The molecule has 32 valence electrons. The molecule has 0 aliphatic heterocycles. The second-order valence-electron chi connectivity index (χ2n) is 0.238. The Morgan fingerprint density at radius 1 is 1.33 bits per heavy atom. The molecule has 0 heterocycles. The van der Waals surface area contributed by atoms with Gasteiger partial charge in [0.2, 0.25) is 0 Å². The third kappa shape index (κ3) is 31.7. The molecule has 0 spiro atoms.